The van der Waals surface area contributed by atoms with Crippen LogP contribution in [0.5, 0.6) is 17.2 Å². The number of sulfone groups is 1. The molecule has 0 fully saturated rings. The highest BCUT2D eigenvalue weighted by atomic mass is 32.2. The summed E-state index contributed by atoms with van der Waals surface area (Å²) in [5.74, 6) is 0.721. The maximum Gasteiger partial charge on any atom is 0.225 e. The van der Waals surface area contributed by atoms with Gasteiger partial charge in [-0.2, -0.15) is 0 Å². The van der Waals surface area contributed by atoms with Gasteiger partial charge in [0.2, 0.25) is 21.5 Å². The number of anilines is 1. The van der Waals surface area contributed by atoms with Crippen molar-refractivity contribution in [2.45, 2.75) is 29.1 Å². The van der Waals surface area contributed by atoms with Crippen LogP contribution >= 0.6 is 11.3 Å². The summed E-state index contributed by atoms with van der Waals surface area (Å²) in [7, 11) is 0.765. The maximum absolute atomic E-state index is 13.3. The van der Waals surface area contributed by atoms with Gasteiger partial charge in [-0.15, -0.1) is 11.3 Å². The quantitative estimate of drug-likeness (QED) is 0.571. The molecule has 2 heterocycles. The van der Waals surface area contributed by atoms with Gasteiger partial charge in [-0.3, -0.25) is 4.79 Å². The SMILES string of the molecule is COc1ccc([C@@H]2CC(=O)Nc3c(S(=O)(=O)c4ccc(C)cc4)csc32)c(OC)c1OC. The van der Waals surface area contributed by atoms with Crippen molar-refractivity contribution in [2.75, 3.05) is 26.6 Å². The molecule has 1 amide bonds. The van der Waals surface area contributed by atoms with Gasteiger partial charge in [0.05, 0.1) is 31.9 Å². The van der Waals surface area contributed by atoms with Gasteiger partial charge in [-0.1, -0.05) is 23.8 Å². The fourth-order valence-corrected chi connectivity index (χ4v) is 6.80. The van der Waals surface area contributed by atoms with Crippen molar-refractivity contribution < 1.29 is 27.4 Å². The third-order valence-corrected chi connectivity index (χ3v) is 8.53. The van der Waals surface area contributed by atoms with Crippen LogP contribution < -0.4 is 19.5 Å². The lowest BCUT2D eigenvalue weighted by atomic mass is 9.89. The molecule has 1 atom stereocenters. The van der Waals surface area contributed by atoms with E-state index in [0.29, 0.717) is 22.9 Å². The molecule has 3 aromatic rings. The van der Waals surface area contributed by atoms with E-state index in [1.165, 1.54) is 32.7 Å². The van der Waals surface area contributed by atoms with E-state index in [0.717, 1.165) is 16.0 Å². The van der Waals surface area contributed by atoms with Crippen molar-refractivity contribution in [1.29, 1.82) is 0 Å². The van der Waals surface area contributed by atoms with Crippen LogP contribution in [0.3, 0.4) is 0 Å². The van der Waals surface area contributed by atoms with E-state index in [4.69, 9.17) is 14.2 Å². The second-order valence-electron chi connectivity index (χ2n) is 7.38. The molecule has 1 aliphatic heterocycles. The van der Waals surface area contributed by atoms with Gasteiger partial charge in [-0.25, -0.2) is 8.42 Å². The molecule has 1 N–H and O–H groups in total. The first-order valence-electron chi connectivity index (χ1n) is 9.83. The zero-order valence-electron chi connectivity index (χ0n) is 18.1. The summed E-state index contributed by atoms with van der Waals surface area (Å²) in [5.41, 5.74) is 2.02. The molecule has 9 heteroatoms. The van der Waals surface area contributed by atoms with Crippen LogP contribution in [-0.4, -0.2) is 35.7 Å². The molecule has 0 spiro atoms. The summed E-state index contributed by atoms with van der Waals surface area (Å²) in [4.78, 5) is 13.7. The van der Waals surface area contributed by atoms with Crippen LogP contribution in [0.4, 0.5) is 5.69 Å². The molecule has 2 aromatic carbocycles. The minimum Gasteiger partial charge on any atom is -0.493 e. The number of methoxy groups -OCH3 is 3. The van der Waals surface area contributed by atoms with E-state index in [-0.39, 0.29) is 28.0 Å². The van der Waals surface area contributed by atoms with Gasteiger partial charge in [-0.05, 0) is 25.1 Å². The predicted octanol–water partition coefficient (Wildman–Crippen LogP) is 4.39. The third-order valence-electron chi connectivity index (χ3n) is 5.49. The van der Waals surface area contributed by atoms with Crippen LogP contribution in [0.15, 0.2) is 51.6 Å². The Balaban J connectivity index is 1.86. The van der Waals surface area contributed by atoms with Crippen molar-refractivity contribution in [2.24, 2.45) is 0 Å². The number of thiophene rings is 1. The summed E-state index contributed by atoms with van der Waals surface area (Å²) in [6.45, 7) is 1.89. The lowest BCUT2D eigenvalue weighted by molar-refractivity contribution is -0.116. The van der Waals surface area contributed by atoms with E-state index in [9.17, 15) is 13.2 Å². The van der Waals surface area contributed by atoms with Gasteiger partial charge < -0.3 is 19.5 Å². The van der Waals surface area contributed by atoms with E-state index < -0.39 is 9.84 Å². The van der Waals surface area contributed by atoms with Crippen molar-refractivity contribution in [3.63, 3.8) is 0 Å². The third kappa shape index (κ3) is 3.61. The number of hydrogen-bond donors (Lipinski definition) is 1. The van der Waals surface area contributed by atoms with Gasteiger partial charge in [0.15, 0.2) is 11.5 Å². The first-order chi connectivity index (χ1) is 15.3. The number of ether oxygens (including phenoxy) is 3. The number of hydrogen-bond acceptors (Lipinski definition) is 7. The highest BCUT2D eigenvalue weighted by Gasteiger charge is 2.36. The molecule has 4 rings (SSSR count). The lowest BCUT2D eigenvalue weighted by Gasteiger charge is -2.26. The zero-order valence-corrected chi connectivity index (χ0v) is 19.7. The number of aryl methyl sites for hydroxylation is 1. The lowest BCUT2D eigenvalue weighted by Crippen LogP contribution is -2.23. The van der Waals surface area contributed by atoms with E-state index >= 15 is 0 Å². The number of nitrogens with one attached hydrogen (secondary N) is 1. The number of rotatable bonds is 6. The molecular formula is C23H23NO6S2. The smallest absolute Gasteiger partial charge is 0.225 e. The van der Waals surface area contributed by atoms with Crippen molar-refractivity contribution in [1.82, 2.24) is 0 Å². The average molecular weight is 474 g/mol. The Kier molecular flexibility index (Phi) is 5.87. The zero-order chi connectivity index (χ0) is 23.0. The molecule has 0 aliphatic carbocycles. The molecule has 0 radical (unpaired) electrons. The van der Waals surface area contributed by atoms with Crippen LogP contribution in [0.2, 0.25) is 0 Å². The van der Waals surface area contributed by atoms with Gasteiger partial charge in [0.25, 0.3) is 0 Å². The largest absolute Gasteiger partial charge is 0.493 e. The van der Waals surface area contributed by atoms with Gasteiger partial charge >= 0.3 is 0 Å². The summed E-state index contributed by atoms with van der Waals surface area (Å²) in [6.07, 6.45) is 0.156. The fourth-order valence-electron chi connectivity index (χ4n) is 3.90. The van der Waals surface area contributed by atoms with Crippen molar-refractivity contribution in [3.8, 4) is 17.2 Å². The number of amides is 1. The molecule has 1 aliphatic rings. The molecule has 0 bridgehead atoms. The summed E-state index contributed by atoms with van der Waals surface area (Å²) >= 11 is 1.30. The predicted molar refractivity (Wildman–Crippen MR) is 122 cm³/mol. The first kappa shape index (κ1) is 22.2. The molecule has 1 aromatic heterocycles. The molecule has 7 nitrogen and oxygen atoms in total. The topological polar surface area (TPSA) is 90.9 Å². The summed E-state index contributed by atoms with van der Waals surface area (Å²) in [6, 6.07) is 10.2. The Morgan fingerprint density at radius 2 is 1.66 bits per heavy atom. The van der Waals surface area contributed by atoms with Crippen LogP contribution in [0, 0.1) is 6.92 Å². The Bertz CT molecular complexity index is 1280. The standard InChI is InChI=1S/C23H23NO6S2/c1-13-5-7-14(8-6-13)32(26,27)18-12-31-23-16(11-19(25)24-20(18)23)15-9-10-17(28-2)22(30-4)21(15)29-3/h5-10,12,16H,11H2,1-4H3,(H,24,25)/t16-/m0/s1. The molecule has 168 valence electrons. The average Bonchev–Trinajstić information content (AvgIpc) is 3.22. The Hall–Kier alpha value is -3.04. The van der Waals surface area contributed by atoms with Crippen LogP contribution in [0.25, 0.3) is 0 Å². The highest BCUT2D eigenvalue weighted by Crippen LogP contribution is 2.51. The van der Waals surface area contributed by atoms with E-state index in [1.807, 2.05) is 13.0 Å². The maximum atomic E-state index is 13.3. The number of carbonyl (C=O) groups excluding carboxylic acids is 1. The monoisotopic (exact) mass is 473 g/mol. The van der Waals surface area contributed by atoms with Crippen LogP contribution in [0.1, 0.15) is 28.3 Å². The minimum atomic E-state index is -3.80. The number of benzene rings is 2. The fraction of sp³-hybridized carbons (Fsp3) is 0.261. The number of carbonyl (C=O) groups is 1. The highest BCUT2D eigenvalue weighted by molar-refractivity contribution is 7.91. The Labute approximate surface area is 190 Å². The van der Waals surface area contributed by atoms with Crippen molar-refractivity contribution >= 4 is 32.8 Å². The van der Waals surface area contributed by atoms with E-state index in [2.05, 4.69) is 5.32 Å². The van der Waals surface area contributed by atoms with Gasteiger partial charge in [0, 0.05) is 28.2 Å². The molecule has 0 saturated carbocycles. The molecular weight excluding hydrogens is 450 g/mol. The minimum absolute atomic E-state index is 0.0962. The second kappa shape index (κ2) is 8.48. The van der Waals surface area contributed by atoms with Crippen molar-refractivity contribution in [3.05, 3.63) is 57.8 Å². The second-order valence-corrected chi connectivity index (χ2v) is 10.2. The number of fused-ring (bicyclic) bond motifs is 1. The first-order valence-corrected chi connectivity index (χ1v) is 12.2. The van der Waals surface area contributed by atoms with Crippen LogP contribution in [-0.2, 0) is 14.6 Å². The van der Waals surface area contributed by atoms with Gasteiger partial charge in [0.1, 0.15) is 4.90 Å². The molecule has 32 heavy (non-hydrogen) atoms. The molecule has 0 saturated heterocycles. The Morgan fingerprint density at radius 3 is 2.28 bits per heavy atom. The Morgan fingerprint density at radius 1 is 0.969 bits per heavy atom. The summed E-state index contributed by atoms with van der Waals surface area (Å²) in [5, 5.41) is 4.37. The molecule has 0 unspecified atom stereocenters. The summed E-state index contributed by atoms with van der Waals surface area (Å²) < 4.78 is 43.1. The normalized spacial score (nSPS) is 15.6. The van der Waals surface area contributed by atoms with E-state index in [1.54, 1.807) is 35.7 Å².